The Hall–Kier alpha value is -0.870. The molecule has 1 unspecified atom stereocenters. The standard InChI is InChI=1S/C12H19NO2S/c1-8(7-13)9-5-6-10(14-2)11(15-3)12(9)16-4/h5-6,8H,7,13H2,1-4H3. The highest BCUT2D eigenvalue weighted by atomic mass is 32.2. The van der Waals surface area contributed by atoms with E-state index in [-0.39, 0.29) is 0 Å². The molecule has 1 aromatic rings. The van der Waals surface area contributed by atoms with Gasteiger partial charge in [0.15, 0.2) is 11.5 Å². The molecule has 0 aliphatic rings. The summed E-state index contributed by atoms with van der Waals surface area (Å²) in [5, 5.41) is 0. The molecule has 1 aromatic carbocycles. The van der Waals surface area contributed by atoms with Crippen molar-refractivity contribution in [3.8, 4) is 11.5 Å². The van der Waals surface area contributed by atoms with Crippen LogP contribution in [0.25, 0.3) is 0 Å². The summed E-state index contributed by atoms with van der Waals surface area (Å²) in [6.45, 7) is 2.74. The minimum atomic E-state index is 0.322. The maximum absolute atomic E-state index is 5.71. The molecule has 0 aliphatic carbocycles. The molecule has 1 rings (SSSR count). The lowest BCUT2D eigenvalue weighted by molar-refractivity contribution is 0.346. The molecule has 0 amide bonds. The first kappa shape index (κ1) is 13.2. The van der Waals surface area contributed by atoms with E-state index < -0.39 is 0 Å². The first-order valence-electron chi connectivity index (χ1n) is 5.18. The van der Waals surface area contributed by atoms with Gasteiger partial charge in [0.25, 0.3) is 0 Å². The Morgan fingerprint density at radius 2 is 2.00 bits per heavy atom. The Labute approximate surface area is 101 Å². The van der Waals surface area contributed by atoms with E-state index in [9.17, 15) is 0 Å². The van der Waals surface area contributed by atoms with E-state index in [1.54, 1.807) is 26.0 Å². The molecular formula is C12H19NO2S. The first-order valence-corrected chi connectivity index (χ1v) is 6.41. The number of thioether (sulfide) groups is 1. The highest BCUT2D eigenvalue weighted by Crippen LogP contribution is 2.41. The number of hydrogen-bond donors (Lipinski definition) is 1. The van der Waals surface area contributed by atoms with Crippen LogP contribution in [0.1, 0.15) is 18.4 Å². The molecule has 0 saturated heterocycles. The Morgan fingerprint density at radius 1 is 1.31 bits per heavy atom. The smallest absolute Gasteiger partial charge is 0.174 e. The van der Waals surface area contributed by atoms with Gasteiger partial charge in [-0.25, -0.2) is 0 Å². The number of rotatable bonds is 5. The van der Waals surface area contributed by atoms with Crippen molar-refractivity contribution >= 4 is 11.8 Å². The molecule has 0 radical (unpaired) electrons. The van der Waals surface area contributed by atoms with Gasteiger partial charge in [-0.15, -0.1) is 11.8 Å². The van der Waals surface area contributed by atoms with Crippen LogP contribution < -0.4 is 15.2 Å². The fourth-order valence-electron chi connectivity index (χ4n) is 1.64. The zero-order chi connectivity index (χ0) is 12.1. The second kappa shape index (κ2) is 6.01. The summed E-state index contributed by atoms with van der Waals surface area (Å²) in [6, 6.07) is 3.99. The third-order valence-electron chi connectivity index (χ3n) is 2.62. The highest BCUT2D eigenvalue weighted by Gasteiger charge is 2.17. The van der Waals surface area contributed by atoms with Gasteiger partial charge in [-0.3, -0.25) is 0 Å². The van der Waals surface area contributed by atoms with Gasteiger partial charge >= 0.3 is 0 Å². The van der Waals surface area contributed by atoms with Crippen molar-refractivity contribution in [2.75, 3.05) is 27.0 Å². The van der Waals surface area contributed by atoms with Crippen LogP contribution in [0.15, 0.2) is 17.0 Å². The predicted octanol–water partition coefficient (Wildman–Crippen LogP) is 2.49. The second-order valence-corrected chi connectivity index (χ2v) is 4.38. The summed E-state index contributed by atoms with van der Waals surface area (Å²) in [5.74, 6) is 1.88. The lowest BCUT2D eigenvalue weighted by Crippen LogP contribution is -2.10. The van der Waals surface area contributed by atoms with Gasteiger partial charge in [0.05, 0.1) is 19.1 Å². The molecule has 1 atom stereocenters. The van der Waals surface area contributed by atoms with E-state index in [2.05, 4.69) is 13.0 Å². The number of nitrogens with two attached hydrogens (primary N) is 1. The average Bonchev–Trinajstić information content (AvgIpc) is 2.35. The van der Waals surface area contributed by atoms with E-state index in [4.69, 9.17) is 15.2 Å². The number of ether oxygens (including phenoxy) is 2. The molecule has 0 saturated carbocycles. The summed E-state index contributed by atoms with van der Waals surface area (Å²) >= 11 is 1.66. The van der Waals surface area contributed by atoms with E-state index in [0.717, 1.165) is 16.4 Å². The molecule has 0 bridgehead atoms. The molecule has 3 nitrogen and oxygen atoms in total. The summed E-state index contributed by atoms with van der Waals surface area (Å²) in [4.78, 5) is 1.11. The third kappa shape index (κ3) is 2.44. The molecule has 0 heterocycles. The van der Waals surface area contributed by atoms with Crippen LogP contribution in [0, 0.1) is 0 Å². The lowest BCUT2D eigenvalue weighted by Gasteiger charge is -2.18. The van der Waals surface area contributed by atoms with Crippen molar-refractivity contribution in [1.82, 2.24) is 0 Å². The van der Waals surface area contributed by atoms with Gasteiger partial charge in [0, 0.05) is 0 Å². The van der Waals surface area contributed by atoms with Crippen molar-refractivity contribution in [3.05, 3.63) is 17.7 Å². The van der Waals surface area contributed by atoms with Gasteiger partial charge < -0.3 is 15.2 Å². The predicted molar refractivity (Wildman–Crippen MR) is 68.8 cm³/mol. The zero-order valence-electron chi connectivity index (χ0n) is 10.2. The molecule has 0 spiro atoms. The quantitative estimate of drug-likeness (QED) is 0.804. The minimum absolute atomic E-state index is 0.322. The van der Waals surface area contributed by atoms with Gasteiger partial charge in [0.2, 0.25) is 0 Å². The molecule has 16 heavy (non-hydrogen) atoms. The van der Waals surface area contributed by atoms with Crippen molar-refractivity contribution < 1.29 is 9.47 Å². The highest BCUT2D eigenvalue weighted by molar-refractivity contribution is 7.98. The Balaban J connectivity index is 3.31. The Bertz CT molecular complexity index is 355. The SMILES string of the molecule is COc1ccc(C(C)CN)c(SC)c1OC. The monoisotopic (exact) mass is 241 g/mol. The largest absolute Gasteiger partial charge is 0.493 e. The fraction of sp³-hybridized carbons (Fsp3) is 0.500. The van der Waals surface area contributed by atoms with Crippen molar-refractivity contribution in [3.63, 3.8) is 0 Å². The summed E-state index contributed by atoms with van der Waals surface area (Å²) < 4.78 is 10.7. The maximum atomic E-state index is 5.71. The van der Waals surface area contributed by atoms with Crippen LogP contribution in [0.2, 0.25) is 0 Å². The van der Waals surface area contributed by atoms with Gasteiger partial charge in [-0.2, -0.15) is 0 Å². The van der Waals surface area contributed by atoms with Crippen LogP contribution in [-0.4, -0.2) is 27.0 Å². The van der Waals surface area contributed by atoms with Crippen LogP contribution in [0.5, 0.6) is 11.5 Å². The Morgan fingerprint density at radius 3 is 2.44 bits per heavy atom. The van der Waals surface area contributed by atoms with Gasteiger partial charge in [-0.05, 0) is 30.3 Å². The third-order valence-corrected chi connectivity index (χ3v) is 3.45. The van der Waals surface area contributed by atoms with Crippen LogP contribution in [-0.2, 0) is 0 Å². The van der Waals surface area contributed by atoms with Crippen LogP contribution >= 0.6 is 11.8 Å². The summed E-state index contributed by atoms with van der Waals surface area (Å²) in [5.41, 5.74) is 6.92. The van der Waals surface area contributed by atoms with Crippen LogP contribution in [0.3, 0.4) is 0 Å². The molecule has 4 heteroatoms. The number of methoxy groups -OCH3 is 2. The molecular weight excluding hydrogens is 222 g/mol. The number of hydrogen-bond acceptors (Lipinski definition) is 4. The molecule has 90 valence electrons. The Kier molecular flexibility index (Phi) is 4.96. The van der Waals surface area contributed by atoms with E-state index in [1.165, 1.54) is 5.56 Å². The van der Waals surface area contributed by atoms with E-state index in [1.807, 2.05) is 12.3 Å². The fourth-order valence-corrected chi connectivity index (χ4v) is 2.51. The van der Waals surface area contributed by atoms with Crippen LogP contribution in [0.4, 0.5) is 0 Å². The normalized spacial score (nSPS) is 12.3. The zero-order valence-corrected chi connectivity index (χ0v) is 11.1. The topological polar surface area (TPSA) is 44.5 Å². The van der Waals surface area contributed by atoms with E-state index in [0.29, 0.717) is 12.5 Å². The van der Waals surface area contributed by atoms with E-state index >= 15 is 0 Å². The lowest BCUT2D eigenvalue weighted by atomic mass is 10.0. The summed E-state index contributed by atoms with van der Waals surface area (Å²) in [7, 11) is 3.31. The summed E-state index contributed by atoms with van der Waals surface area (Å²) in [6.07, 6.45) is 2.03. The minimum Gasteiger partial charge on any atom is -0.493 e. The van der Waals surface area contributed by atoms with Crippen molar-refractivity contribution in [2.24, 2.45) is 5.73 Å². The maximum Gasteiger partial charge on any atom is 0.174 e. The van der Waals surface area contributed by atoms with Gasteiger partial charge in [0.1, 0.15) is 0 Å². The molecule has 0 fully saturated rings. The molecule has 0 aliphatic heterocycles. The molecule has 0 aromatic heterocycles. The van der Waals surface area contributed by atoms with Crippen molar-refractivity contribution in [2.45, 2.75) is 17.7 Å². The first-order chi connectivity index (χ1) is 7.69. The molecule has 2 N–H and O–H groups in total. The second-order valence-electron chi connectivity index (χ2n) is 3.56. The van der Waals surface area contributed by atoms with Gasteiger partial charge in [-0.1, -0.05) is 13.0 Å². The average molecular weight is 241 g/mol. The van der Waals surface area contributed by atoms with Crippen molar-refractivity contribution in [1.29, 1.82) is 0 Å². The number of benzene rings is 1.